The predicted octanol–water partition coefficient (Wildman–Crippen LogP) is 3.10. The molecule has 0 aromatic carbocycles. The number of hydrogen-bond donors (Lipinski definition) is 0. The van der Waals surface area contributed by atoms with E-state index < -0.39 is 6.43 Å². The Balaban J connectivity index is 2.11. The highest BCUT2D eigenvalue weighted by Crippen LogP contribution is 2.50. The van der Waals surface area contributed by atoms with Gasteiger partial charge in [-0.2, -0.15) is 0 Å². The summed E-state index contributed by atoms with van der Waals surface area (Å²) in [6.07, 6.45) is -0.135. The third-order valence-electron chi connectivity index (χ3n) is 3.55. The first-order valence-corrected chi connectivity index (χ1v) is 6.10. The second-order valence-electron chi connectivity index (χ2n) is 4.66. The molecule has 0 spiro atoms. The van der Waals surface area contributed by atoms with Crippen LogP contribution in [0.15, 0.2) is 0 Å². The van der Waals surface area contributed by atoms with Crippen molar-refractivity contribution in [3.05, 3.63) is 5.01 Å². The van der Waals surface area contributed by atoms with Crippen molar-refractivity contribution >= 4 is 16.5 Å². The molecule has 1 aliphatic carbocycles. The van der Waals surface area contributed by atoms with Crippen LogP contribution in [0.25, 0.3) is 0 Å². The number of anilines is 1. The zero-order valence-corrected chi connectivity index (χ0v) is 10.4. The lowest BCUT2D eigenvalue weighted by atomic mass is 10.0. The van der Waals surface area contributed by atoms with E-state index in [-0.39, 0.29) is 5.01 Å². The van der Waals surface area contributed by atoms with Gasteiger partial charge in [-0.05, 0) is 25.2 Å². The van der Waals surface area contributed by atoms with Crippen LogP contribution in [0, 0.1) is 5.41 Å². The maximum atomic E-state index is 12.4. The minimum absolute atomic E-state index is 0.199. The normalized spacial score (nSPS) is 19.9. The van der Waals surface area contributed by atoms with Gasteiger partial charge < -0.3 is 4.90 Å². The summed E-state index contributed by atoms with van der Waals surface area (Å²) in [6, 6.07) is 0.311. The fraction of sp³-hybridized carbons (Fsp3) is 0.800. The number of hydrogen-bond acceptors (Lipinski definition) is 4. The molecular formula is C10H15F2N3S. The molecule has 1 unspecified atom stereocenters. The standard InChI is InChI=1S/C10H15F2N3S/c1-6(10(2)4-5-10)15(3)9-14-13-8(16-9)7(11)12/h6-7H,4-5H2,1-3H3. The van der Waals surface area contributed by atoms with Crippen LogP contribution >= 0.6 is 11.3 Å². The van der Waals surface area contributed by atoms with Crippen LogP contribution in [-0.2, 0) is 0 Å². The molecule has 0 bridgehead atoms. The van der Waals surface area contributed by atoms with E-state index in [1.165, 1.54) is 12.8 Å². The van der Waals surface area contributed by atoms with Crippen molar-refractivity contribution in [1.29, 1.82) is 0 Å². The Morgan fingerprint density at radius 3 is 2.44 bits per heavy atom. The number of nitrogens with zero attached hydrogens (tertiary/aromatic N) is 3. The molecule has 0 aliphatic heterocycles. The van der Waals surface area contributed by atoms with Gasteiger partial charge in [-0.25, -0.2) is 8.78 Å². The quantitative estimate of drug-likeness (QED) is 0.818. The lowest BCUT2D eigenvalue weighted by Crippen LogP contribution is -2.35. The molecule has 0 N–H and O–H groups in total. The fourth-order valence-corrected chi connectivity index (χ4v) is 2.45. The van der Waals surface area contributed by atoms with E-state index in [2.05, 4.69) is 24.0 Å². The zero-order valence-electron chi connectivity index (χ0n) is 9.57. The summed E-state index contributed by atoms with van der Waals surface area (Å²) in [5, 5.41) is 7.69. The molecule has 3 nitrogen and oxygen atoms in total. The minimum Gasteiger partial charge on any atom is -0.346 e. The molecule has 1 aliphatic rings. The number of alkyl halides is 2. The minimum atomic E-state index is -2.52. The predicted molar refractivity (Wildman–Crippen MR) is 60.1 cm³/mol. The van der Waals surface area contributed by atoms with E-state index in [0.717, 1.165) is 11.3 Å². The van der Waals surface area contributed by atoms with Crippen molar-refractivity contribution < 1.29 is 8.78 Å². The Labute approximate surface area is 97.5 Å². The molecule has 0 amide bonds. The van der Waals surface area contributed by atoms with Crippen molar-refractivity contribution in [3.8, 4) is 0 Å². The van der Waals surface area contributed by atoms with Crippen LogP contribution in [0.4, 0.5) is 13.9 Å². The molecule has 6 heteroatoms. The Morgan fingerprint density at radius 1 is 1.38 bits per heavy atom. The summed E-state index contributed by atoms with van der Waals surface area (Å²) in [6.45, 7) is 4.32. The number of rotatable bonds is 4. The second kappa shape index (κ2) is 3.91. The summed E-state index contributed by atoms with van der Waals surface area (Å²) in [7, 11) is 1.89. The molecule has 1 heterocycles. The van der Waals surface area contributed by atoms with Crippen LogP contribution < -0.4 is 4.90 Å². The maximum absolute atomic E-state index is 12.4. The summed E-state index contributed by atoms with van der Waals surface area (Å²) in [5.41, 5.74) is 0.311. The molecule has 1 aromatic heterocycles. The fourth-order valence-electron chi connectivity index (χ4n) is 1.71. The lowest BCUT2D eigenvalue weighted by Gasteiger charge is -2.29. The molecule has 90 valence electrons. The van der Waals surface area contributed by atoms with Crippen molar-refractivity contribution in [2.24, 2.45) is 5.41 Å². The van der Waals surface area contributed by atoms with Gasteiger partial charge in [0.2, 0.25) is 5.13 Å². The van der Waals surface area contributed by atoms with Gasteiger partial charge in [0.15, 0.2) is 5.01 Å². The molecular weight excluding hydrogens is 232 g/mol. The van der Waals surface area contributed by atoms with Crippen molar-refractivity contribution in [2.75, 3.05) is 11.9 Å². The topological polar surface area (TPSA) is 29.0 Å². The van der Waals surface area contributed by atoms with E-state index in [0.29, 0.717) is 16.6 Å². The van der Waals surface area contributed by atoms with Crippen molar-refractivity contribution in [1.82, 2.24) is 10.2 Å². The number of aromatic nitrogens is 2. The number of halogens is 2. The Hall–Kier alpha value is -0.780. The van der Waals surface area contributed by atoms with Gasteiger partial charge >= 0.3 is 0 Å². The summed E-state index contributed by atoms with van der Waals surface area (Å²) in [4.78, 5) is 1.95. The highest BCUT2D eigenvalue weighted by molar-refractivity contribution is 7.15. The Bertz CT molecular complexity index is 376. The maximum Gasteiger partial charge on any atom is 0.291 e. The monoisotopic (exact) mass is 247 g/mol. The lowest BCUT2D eigenvalue weighted by molar-refractivity contribution is 0.150. The molecule has 2 rings (SSSR count). The second-order valence-corrected chi connectivity index (χ2v) is 5.65. The highest BCUT2D eigenvalue weighted by Gasteiger charge is 2.44. The van der Waals surface area contributed by atoms with Crippen molar-refractivity contribution in [3.63, 3.8) is 0 Å². The smallest absolute Gasteiger partial charge is 0.291 e. The SMILES string of the molecule is CC(N(C)c1nnc(C(F)F)s1)C1(C)CC1. The van der Waals surface area contributed by atoms with E-state index in [1.54, 1.807) is 0 Å². The van der Waals surface area contributed by atoms with Crippen LogP contribution in [-0.4, -0.2) is 23.3 Å². The van der Waals surface area contributed by atoms with E-state index >= 15 is 0 Å². The third-order valence-corrected chi connectivity index (χ3v) is 4.57. The first-order chi connectivity index (χ1) is 7.44. The zero-order chi connectivity index (χ0) is 11.9. The Morgan fingerprint density at radius 2 is 2.00 bits per heavy atom. The van der Waals surface area contributed by atoms with E-state index in [1.807, 2.05) is 11.9 Å². The van der Waals surface area contributed by atoms with Crippen molar-refractivity contribution in [2.45, 2.75) is 39.2 Å². The molecule has 16 heavy (non-hydrogen) atoms. The summed E-state index contributed by atoms with van der Waals surface area (Å²) >= 11 is 0.975. The Kier molecular flexibility index (Phi) is 2.86. The first-order valence-electron chi connectivity index (χ1n) is 5.28. The first kappa shape index (κ1) is 11.7. The molecule has 1 atom stereocenters. The van der Waals surface area contributed by atoms with Gasteiger partial charge in [0.25, 0.3) is 6.43 Å². The van der Waals surface area contributed by atoms with Gasteiger partial charge in [-0.15, -0.1) is 10.2 Å². The largest absolute Gasteiger partial charge is 0.346 e. The average molecular weight is 247 g/mol. The van der Waals surface area contributed by atoms with Gasteiger partial charge in [-0.3, -0.25) is 0 Å². The van der Waals surface area contributed by atoms with Gasteiger partial charge in [-0.1, -0.05) is 18.3 Å². The third kappa shape index (κ3) is 2.03. The van der Waals surface area contributed by atoms with Gasteiger partial charge in [0.1, 0.15) is 0 Å². The molecule has 1 aromatic rings. The van der Waals surface area contributed by atoms with Gasteiger partial charge in [0.05, 0.1) is 0 Å². The average Bonchev–Trinajstić information content (AvgIpc) is 2.83. The van der Waals surface area contributed by atoms with E-state index in [9.17, 15) is 8.78 Å². The molecule has 1 fully saturated rings. The molecule has 0 radical (unpaired) electrons. The molecule has 1 saturated carbocycles. The van der Waals surface area contributed by atoms with Crippen LogP contribution in [0.2, 0.25) is 0 Å². The van der Waals surface area contributed by atoms with Crippen LogP contribution in [0.3, 0.4) is 0 Å². The molecule has 0 saturated heterocycles. The highest BCUT2D eigenvalue weighted by atomic mass is 32.1. The van der Waals surface area contributed by atoms with E-state index in [4.69, 9.17) is 0 Å². The summed E-state index contributed by atoms with van der Waals surface area (Å²) < 4.78 is 24.8. The van der Waals surface area contributed by atoms with Gasteiger partial charge in [0, 0.05) is 13.1 Å². The van der Waals surface area contributed by atoms with Crippen LogP contribution in [0.1, 0.15) is 38.1 Å². The van der Waals surface area contributed by atoms with Crippen LogP contribution in [0.5, 0.6) is 0 Å². The summed E-state index contributed by atoms with van der Waals surface area (Å²) in [5.74, 6) is 0.